The van der Waals surface area contributed by atoms with Crippen molar-refractivity contribution in [3.63, 3.8) is 0 Å². The Labute approximate surface area is 127 Å². The summed E-state index contributed by atoms with van der Waals surface area (Å²) in [5, 5.41) is 0. The molecule has 0 bridgehead atoms. The molecule has 0 spiro atoms. The first-order chi connectivity index (χ1) is 9.77. The van der Waals surface area contributed by atoms with Crippen LogP contribution in [0.1, 0.15) is 22.9 Å². The molecule has 0 aliphatic heterocycles. The molecular formula is C14H11BrF4N2. The van der Waals surface area contributed by atoms with E-state index in [1.807, 2.05) is 0 Å². The molecule has 0 radical (unpaired) electrons. The van der Waals surface area contributed by atoms with Crippen molar-refractivity contribution >= 4 is 15.9 Å². The van der Waals surface area contributed by atoms with Crippen LogP contribution >= 0.6 is 15.9 Å². The summed E-state index contributed by atoms with van der Waals surface area (Å²) in [5.41, 5.74) is 5.15. The SMILES string of the molecule is NC(Cc1ccc(Br)cn1)c1cc(F)ccc1C(F)(F)F. The average Bonchev–Trinajstić information content (AvgIpc) is 2.40. The lowest BCUT2D eigenvalue weighted by Crippen LogP contribution is -2.20. The van der Waals surface area contributed by atoms with Crippen LogP contribution in [0.3, 0.4) is 0 Å². The number of nitrogens with two attached hydrogens (primary N) is 1. The van der Waals surface area contributed by atoms with E-state index in [0.29, 0.717) is 11.8 Å². The van der Waals surface area contributed by atoms with Gasteiger partial charge in [0.1, 0.15) is 5.82 Å². The van der Waals surface area contributed by atoms with Gasteiger partial charge in [0.25, 0.3) is 0 Å². The van der Waals surface area contributed by atoms with Gasteiger partial charge < -0.3 is 5.73 Å². The third kappa shape index (κ3) is 4.01. The highest BCUT2D eigenvalue weighted by Gasteiger charge is 2.34. The Hall–Kier alpha value is -1.47. The van der Waals surface area contributed by atoms with Crippen molar-refractivity contribution in [2.24, 2.45) is 5.73 Å². The quantitative estimate of drug-likeness (QED) is 0.829. The molecule has 2 N–H and O–H groups in total. The van der Waals surface area contributed by atoms with E-state index in [1.165, 1.54) is 6.20 Å². The number of nitrogens with zero attached hydrogens (tertiary/aromatic N) is 1. The predicted octanol–water partition coefficient (Wildman–Crippen LogP) is 4.24. The molecule has 0 fully saturated rings. The standard InChI is InChI=1S/C14H11BrF4N2/c15-8-1-3-10(21-7-8)6-13(20)11-5-9(16)2-4-12(11)14(17,18)19/h1-5,7,13H,6,20H2. The first-order valence-electron chi connectivity index (χ1n) is 6.00. The summed E-state index contributed by atoms with van der Waals surface area (Å²) < 4.78 is 52.8. The molecule has 0 saturated heterocycles. The second-order valence-electron chi connectivity index (χ2n) is 4.51. The van der Waals surface area contributed by atoms with E-state index in [2.05, 4.69) is 20.9 Å². The Morgan fingerprint density at radius 1 is 1.19 bits per heavy atom. The van der Waals surface area contributed by atoms with Gasteiger partial charge in [-0.3, -0.25) is 4.98 Å². The number of halogens is 5. The molecule has 0 saturated carbocycles. The summed E-state index contributed by atoms with van der Waals surface area (Å²) in [6.07, 6.45) is -2.97. The molecule has 7 heteroatoms. The number of aromatic nitrogens is 1. The van der Waals surface area contributed by atoms with Gasteiger partial charge in [-0.15, -0.1) is 0 Å². The van der Waals surface area contributed by atoms with Gasteiger partial charge in [-0.2, -0.15) is 13.2 Å². The zero-order valence-corrected chi connectivity index (χ0v) is 12.2. The topological polar surface area (TPSA) is 38.9 Å². The normalized spacial score (nSPS) is 13.2. The molecule has 2 rings (SSSR count). The molecule has 0 aliphatic rings. The lowest BCUT2D eigenvalue weighted by Gasteiger charge is -2.18. The molecule has 0 amide bonds. The smallest absolute Gasteiger partial charge is 0.324 e. The highest BCUT2D eigenvalue weighted by atomic mass is 79.9. The molecule has 1 aromatic carbocycles. The van der Waals surface area contributed by atoms with Gasteiger partial charge in [-0.1, -0.05) is 0 Å². The zero-order valence-electron chi connectivity index (χ0n) is 10.7. The summed E-state index contributed by atoms with van der Waals surface area (Å²) in [4.78, 5) is 4.06. The first-order valence-corrected chi connectivity index (χ1v) is 6.79. The molecule has 0 aliphatic carbocycles. The van der Waals surface area contributed by atoms with Crippen LogP contribution in [-0.2, 0) is 12.6 Å². The van der Waals surface area contributed by atoms with E-state index in [9.17, 15) is 17.6 Å². The van der Waals surface area contributed by atoms with E-state index in [1.54, 1.807) is 12.1 Å². The van der Waals surface area contributed by atoms with E-state index < -0.39 is 23.6 Å². The monoisotopic (exact) mass is 362 g/mol. The van der Waals surface area contributed by atoms with Gasteiger partial charge in [0.2, 0.25) is 0 Å². The third-order valence-electron chi connectivity index (χ3n) is 2.94. The number of hydrogen-bond acceptors (Lipinski definition) is 2. The van der Waals surface area contributed by atoms with Crippen LogP contribution in [0, 0.1) is 5.82 Å². The highest BCUT2D eigenvalue weighted by molar-refractivity contribution is 9.10. The van der Waals surface area contributed by atoms with Crippen molar-refractivity contribution in [2.45, 2.75) is 18.6 Å². The summed E-state index contributed by atoms with van der Waals surface area (Å²) >= 11 is 3.21. The van der Waals surface area contributed by atoms with Crippen LogP contribution in [0.5, 0.6) is 0 Å². The second kappa shape index (κ2) is 6.11. The minimum absolute atomic E-state index is 0.0831. The molecule has 1 atom stereocenters. The van der Waals surface area contributed by atoms with Crippen LogP contribution in [0.2, 0.25) is 0 Å². The second-order valence-corrected chi connectivity index (χ2v) is 5.42. The van der Waals surface area contributed by atoms with Crippen LogP contribution in [0.15, 0.2) is 41.0 Å². The molecule has 1 aromatic heterocycles. The number of hydrogen-bond donors (Lipinski definition) is 1. The van der Waals surface area contributed by atoms with Crippen LogP contribution in [0.4, 0.5) is 17.6 Å². The summed E-state index contributed by atoms with van der Waals surface area (Å²) in [6, 6.07) is 4.68. The number of benzene rings is 1. The number of rotatable bonds is 3. The van der Waals surface area contributed by atoms with Gasteiger partial charge in [0, 0.05) is 28.8 Å². The summed E-state index contributed by atoms with van der Waals surface area (Å²) in [7, 11) is 0. The van der Waals surface area contributed by atoms with Crippen LogP contribution in [0.25, 0.3) is 0 Å². The molecular weight excluding hydrogens is 352 g/mol. The molecule has 21 heavy (non-hydrogen) atoms. The van der Waals surface area contributed by atoms with Crippen LogP contribution < -0.4 is 5.73 Å². The van der Waals surface area contributed by atoms with E-state index in [0.717, 1.165) is 16.6 Å². The maximum absolute atomic E-state index is 13.2. The highest BCUT2D eigenvalue weighted by Crippen LogP contribution is 2.35. The van der Waals surface area contributed by atoms with Crippen molar-refractivity contribution in [1.82, 2.24) is 4.98 Å². The third-order valence-corrected chi connectivity index (χ3v) is 3.41. The van der Waals surface area contributed by atoms with Crippen molar-refractivity contribution in [2.75, 3.05) is 0 Å². The number of alkyl halides is 3. The van der Waals surface area contributed by atoms with Crippen molar-refractivity contribution in [1.29, 1.82) is 0 Å². The average molecular weight is 363 g/mol. The Bertz CT molecular complexity index is 626. The molecule has 1 heterocycles. The zero-order chi connectivity index (χ0) is 15.6. The Morgan fingerprint density at radius 2 is 1.90 bits per heavy atom. The fourth-order valence-corrected chi connectivity index (χ4v) is 2.20. The Kier molecular flexibility index (Phi) is 4.63. The lowest BCUT2D eigenvalue weighted by molar-refractivity contribution is -0.138. The minimum atomic E-state index is -4.58. The Morgan fingerprint density at radius 3 is 2.48 bits per heavy atom. The van der Waals surface area contributed by atoms with Gasteiger partial charge >= 0.3 is 6.18 Å². The van der Waals surface area contributed by atoms with Gasteiger partial charge in [-0.05, 0) is 51.8 Å². The summed E-state index contributed by atoms with van der Waals surface area (Å²) in [6.45, 7) is 0. The molecule has 2 aromatic rings. The first kappa shape index (κ1) is 15.9. The Balaban J connectivity index is 2.32. The maximum atomic E-state index is 13.2. The van der Waals surface area contributed by atoms with E-state index >= 15 is 0 Å². The largest absolute Gasteiger partial charge is 0.416 e. The minimum Gasteiger partial charge on any atom is -0.324 e. The van der Waals surface area contributed by atoms with Gasteiger partial charge in [-0.25, -0.2) is 4.39 Å². The van der Waals surface area contributed by atoms with Gasteiger partial charge in [0.15, 0.2) is 0 Å². The van der Waals surface area contributed by atoms with Crippen molar-refractivity contribution in [3.8, 4) is 0 Å². The maximum Gasteiger partial charge on any atom is 0.416 e. The summed E-state index contributed by atoms with van der Waals surface area (Å²) in [5.74, 6) is -0.753. The van der Waals surface area contributed by atoms with E-state index in [-0.39, 0.29) is 12.0 Å². The van der Waals surface area contributed by atoms with Crippen LogP contribution in [-0.4, -0.2) is 4.98 Å². The lowest BCUT2D eigenvalue weighted by atomic mass is 9.96. The van der Waals surface area contributed by atoms with Crippen molar-refractivity contribution in [3.05, 3.63) is 63.6 Å². The van der Waals surface area contributed by atoms with Crippen molar-refractivity contribution < 1.29 is 17.6 Å². The molecule has 2 nitrogen and oxygen atoms in total. The molecule has 1 unspecified atom stereocenters. The predicted molar refractivity (Wildman–Crippen MR) is 74.0 cm³/mol. The molecule has 112 valence electrons. The number of pyridine rings is 1. The van der Waals surface area contributed by atoms with E-state index in [4.69, 9.17) is 5.73 Å². The fourth-order valence-electron chi connectivity index (χ4n) is 1.96. The fraction of sp³-hybridized carbons (Fsp3) is 0.214. The van der Waals surface area contributed by atoms with Gasteiger partial charge in [0.05, 0.1) is 5.56 Å².